The molecule has 1 aliphatic heterocycles. The van der Waals surface area contributed by atoms with Crippen LogP contribution in [0.2, 0.25) is 0 Å². The second-order valence-electron chi connectivity index (χ2n) is 9.99. The zero-order valence-electron chi connectivity index (χ0n) is 21.8. The molecule has 10 nitrogen and oxygen atoms in total. The van der Waals surface area contributed by atoms with Crippen LogP contribution < -0.4 is 11.3 Å². The smallest absolute Gasteiger partial charge is 0.410 e. The minimum Gasteiger partial charge on any atom is -0.443 e. The van der Waals surface area contributed by atoms with Crippen molar-refractivity contribution in [3.05, 3.63) is 81.2 Å². The molecule has 2 aromatic heterocycles. The summed E-state index contributed by atoms with van der Waals surface area (Å²) >= 11 is 0. The molecule has 1 amide bonds. The Balaban J connectivity index is 1.51. The first-order chi connectivity index (χ1) is 17.6. The molecule has 3 aromatic rings. The zero-order valence-corrected chi connectivity index (χ0v) is 21.8. The second-order valence-corrected chi connectivity index (χ2v) is 9.99. The number of carbonyl (C=O) groups excluding carboxylic acids is 1. The quantitative estimate of drug-likeness (QED) is 0.490. The number of H-pyrrole nitrogens is 1. The summed E-state index contributed by atoms with van der Waals surface area (Å²) in [6.07, 6.45) is 2.24. The Hall–Kier alpha value is -3.95. The predicted molar refractivity (Wildman–Crippen MR) is 139 cm³/mol. The Morgan fingerprint density at radius 2 is 1.92 bits per heavy atom. The van der Waals surface area contributed by atoms with Crippen LogP contribution >= 0.6 is 0 Å². The van der Waals surface area contributed by atoms with Crippen LogP contribution in [0.25, 0.3) is 5.57 Å². The van der Waals surface area contributed by atoms with E-state index in [9.17, 15) is 9.59 Å². The van der Waals surface area contributed by atoms with Crippen molar-refractivity contribution >= 4 is 11.7 Å². The summed E-state index contributed by atoms with van der Waals surface area (Å²) in [5, 5.41) is 4.10. The van der Waals surface area contributed by atoms with Gasteiger partial charge in [0.15, 0.2) is 0 Å². The van der Waals surface area contributed by atoms with Crippen LogP contribution in [0, 0.1) is 0 Å². The van der Waals surface area contributed by atoms with Gasteiger partial charge in [0.2, 0.25) is 11.7 Å². The first-order valence-corrected chi connectivity index (χ1v) is 12.6. The minimum atomic E-state index is -0.504. The number of hydrogen-bond donors (Lipinski definition) is 2. The number of aromatic nitrogens is 4. The number of piperidine rings is 1. The maximum Gasteiger partial charge on any atom is 0.410 e. The molecule has 1 saturated heterocycles. The topological polar surface area (TPSA) is 140 Å². The van der Waals surface area contributed by atoms with Gasteiger partial charge < -0.3 is 24.9 Å². The number of likely N-dealkylation sites (tertiary alicyclic amines) is 1. The van der Waals surface area contributed by atoms with Gasteiger partial charge in [0, 0.05) is 30.8 Å². The molecule has 3 heterocycles. The van der Waals surface area contributed by atoms with Gasteiger partial charge in [-0.2, -0.15) is 4.98 Å². The maximum absolute atomic E-state index is 12.6. The van der Waals surface area contributed by atoms with E-state index in [1.165, 1.54) is 6.07 Å². The number of benzene rings is 1. The third kappa shape index (κ3) is 6.44. The third-order valence-electron chi connectivity index (χ3n) is 6.67. The van der Waals surface area contributed by atoms with E-state index in [0.717, 1.165) is 12.0 Å². The van der Waals surface area contributed by atoms with Gasteiger partial charge in [0.1, 0.15) is 11.4 Å². The van der Waals surface area contributed by atoms with Gasteiger partial charge in [-0.15, -0.1) is 0 Å². The third-order valence-corrected chi connectivity index (χ3v) is 6.67. The molecule has 1 fully saturated rings. The summed E-state index contributed by atoms with van der Waals surface area (Å²) in [4.78, 5) is 38.9. The number of amides is 1. The van der Waals surface area contributed by atoms with Crippen molar-refractivity contribution in [3.63, 3.8) is 0 Å². The lowest BCUT2D eigenvalue weighted by molar-refractivity contribution is 0.00742. The number of aromatic amines is 1. The molecule has 37 heavy (non-hydrogen) atoms. The molecular weight excluding hydrogens is 472 g/mol. The van der Waals surface area contributed by atoms with Crippen LogP contribution in [0.15, 0.2) is 51.4 Å². The average molecular weight is 507 g/mol. The Labute approximate surface area is 215 Å². The SMILES string of the molecule is CCC(C)(C)OC(=O)N1CCC(c2cc(=O)[nH]c(C(=C(C)N)c3noc(Cc4ccccc4)n3)n2)CC1. The Morgan fingerprint density at radius 3 is 2.57 bits per heavy atom. The fraction of sp³-hybridized carbons (Fsp3) is 0.444. The molecular formula is C27H34N6O4. The van der Waals surface area contributed by atoms with Crippen molar-refractivity contribution in [3.8, 4) is 0 Å². The minimum absolute atomic E-state index is 0.0162. The number of rotatable bonds is 7. The molecule has 3 N–H and O–H groups in total. The Bertz CT molecular complexity index is 1320. The van der Waals surface area contributed by atoms with E-state index in [4.69, 9.17) is 20.0 Å². The van der Waals surface area contributed by atoms with Crippen molar-refractivity contribution in [2.24, 2.45) is 5.73 Å². The highest BCUT2D eigenvalue weighted by molar-refractivity contribution is 5.74. The van der Waals surface area contributed by atoms with Crippen molar-refractivity contribution in [2.45, 2.75) is 64.9 Å². The zero-order chi connectivity index (χ0) is 26.6. The number of ether oxygens (including phenoxy) is 1. The van der Waals surface area contributed by atoms with E-state index in [1.807, 2.05) is 51.1 Å². The molecule has 0 radical (unpaired) electrons. The largest absolute Gasteiger partial charge is 0.443 e. The van der Waals surface area contributed by atoms with Gasteiger partial charge in [0.25, 0.3) is 5.56 Å². The molecule has 1 aromatic carbocycles. The van der Waals surface area contributed by atoms with Crippen LogP contribution in [0.4, 0.5) is 4.79 Å². The molecule has 0 atom stereocenters. The summed E-state index contributed by atoms with van der Waals surface area (Å²) in [5.74, 6) is 1.01. The number of nitrogens with zero attached hydrogens (tertiary/aromatic N) is 4. The second kappa shape index (κ2) is 11.0. The molecule has 10 heteroatoms. The molecule has 1 aliphatic rings. The van der Waals surface area contributed by atoms with Gasteiger partial charge in [0.05, 0.1) is 17.7 Å². The number of hydrogen-bond acceptors (Lipinski definition) is 8. The summed E-state index contributed by atoms with van der Waals surface area (Å²) in [7, 11) is 0. The summed E-state index contributed by atoms with van der Waals surface area (Å²) in [5.41, 5.74) is 7.90. The van der Waals surface area contributed by atoms with E-state index < -0.39 is 5.60 Å². The first-order valence-electron chi connectivity index (χ1n) is 12.6. The van der Waals surface area contributed by atoms with E-state index in [2.05, 4.69) is 15.1 Å². The standard InChI is InChI=1S/C27H34N6O4/c1-5-27(3,4)36-26(35)33-13-11-19(12-14-33)20-16-21(34)30-24(29-20)23(17(2)28)25-31-22(37-32-25)15-18-9-7-6-8-10-18/h6-10,16,19H,5,11-15,28H2,1-4H3,(H,29,30,34). The highest BCUT2D eigenvalue weighted by Gasteiger charge is 2.30. The number of nitrogens with one attached hydrogen (secondary N) is 1. The molecule has 0 aliphatic carbocycles. The van der Waals surface area contributed by atoms with Crippen LogP contribution in [0.3, 0.4) is 0 Å². The van der Waals surface area contributed by atoms with Gasteiger partial charge in [-0.25, -0.2) is 9.78 Å². The Morgan fingerprint density at radius 1 is 1.22 bits per heavy atom. The van der Waals surface area contributed by atoms with Crippen molar-refractivity contribution in [2.75, 3.05) is 13.1 Å². The van der Waals surface area contributed by atoms with Crippen LogP contribution in [0.5, 0.6) is 0 Å². The predicted octanol–water partition coefficient (Wildman–Crippen LogP) is 3.99. The molecule has 0 spiro atoms. The number of carbonyl (C=O) groups is 1. The highest BCUT2D eigenvalue weighted by atomic mass is 16.6. The lowest BCUT2D eigenvalue weighted by atomic mass is 9.93. The molecule has 0 saturated carbocycles. The fourth-order valence-corrected chi connectivity index (χ4v) is 4.20. The van der Waals surface area contributed by atoms with E-state index >= 15 is 0 Å². The molecule has 0 bridgehead atoms. The number of nitrogens with two attached hydrogens (primary N) is 1. The maximum atomic E-state index is 12.6. The summed E-state index contributed by atoms with van der Waals surface area (Å²) < 4.78 is 11.1. The van der Waals surface area contributed by atoms with E-state index in [-0.39, 0.29) is 23.4 Å². The Kier molecular flexibility index (Phi) is 7.75. The van der Waals surface area contributed by atoms with E-state index in [0.29, 0.717) is 61.0 Å². The summed E-state index contributed by atoms with van der Waals surface area (Å²) in [6.45, 7) is 8.55. The van der Waals surface area contributed by atoms with Crippen molar-refractivity contribution in [1.29, 1.82) is 0 Å². The number of allylic oxidation sites excluding steroid dienone is 1. The van der Waals surface area contributed by atoms with Crippen molar-refractivity contribution in [1.82, 2.24) is 25.0 Å². The average Bonchev–Trinajstić information content (AvgIpc) is 3.31. The lowest BCUT2D eigenvalue weighted by Gasteiger charge is -2.34. The molecule has 196 valence electrons. The first kappa shape index (κ1) is 26.1. The van der Waals surface area contributed by atoms with Gasteiger partial charge in [-0.05, 0) is 45.6 Å². The van der Waals surface area contributed by atoms with Crippen molar-refractivity contribution < 1.29 is 14.1 Å². The molecule has 4 rings (SSSR count). The van der Waals surface area contributed by atoms with Gasteiger partial charge in [-0.3, -0.25) is 4.79 Å². The fourth-order valence-electron chi connectivity index (χ4n) is 4.20. The van der Waals surface area contributed by atoms with Crippen LogP contribution in [0.1, 0.15) is 81.7 Å². The normalized spacial score (nSPS) is 15.4. The van der Waals surface area contributed by atoms with Crippen LogP contribution in [-0.4, -0.2) is 49.8 Å². The monoisotopic (exact) mass is 506 g/mol. The van der Waals surface area contributed by atoms with Gasteiger partial charge in [-0.1, -0.05) is 42.4 Å². The lowest BCUT2D eigenvalue weighted by Crippen LogP contribution is -2.42. The highest BCUT2D eigenvalue weighted by Crippen LogP contribution is 2.29. The summed E-state index contributed by atoms with van der Waals surface area (Å²) in [6, 6.07) is 11.3. The van der Waals surface area contributed by atoms with Crippen LogP contribution in [-0.2, 0) is 11.2 Å². The van der Waals surface area contributed by atoms with Gasteiger partial charge >= 0.3 is 6.09 Å². The molecule has 0 unspecified atom stereocenters. The van der Waals surface area contributed by atoms with E-state index in [1.54, 1.807) is 11.8 Å².